The third-order valence-electron chi connectivity index (χ3n) is 4.61. The van der Waals surface area contributed by atoms with E-state index in [1.165, 1.54) is 29.1 Å². The first kappa shape index (κ1) is 19.7. The van der Waals surface area contributed by atoms with Crippen LogP contribution in [0.1, 0.15) is 18.3 Å². The maximum atomic E-state index is 13.2. The van der Waals surface area contributed by atoms with Crippen LogP contribution in [0.15, 0.2) is 70.6 Å². The Morgan fingerprint density at radius 1 is 1.03 bits per heavy atom. The van der Waals surface area contributed by atoms with E-state index in [2.05, 4.69) is 19.7 Å². The minimum absolute atomic E-state index is 0.0137. The molecule has 0 saturated carbocycles. The predicted molar refractivity (Wildman–Crippen MR) is 114 cm³/mol. The van der Waals surface area contributed by atoms with E-state index in [1.54, 1.807) is 18.2 Å². The summed E-state index contributed by atoms with van der Waals surface area (Å²) in [6.45, 7) is 3.83. The summed E-state index contributed by atoms with van der Waals surface area (Å²) < 4.78 is 29.0. The fraction of sp³-hybridized carbons (Fsp3) is 0.143. The van der Waals surface area contributed by atoms with Crippen molar-refractivity contribution in [1.29, 1.82) is 0 Å². The average molecular weight is 421 g/mol. The highest BCUT2D eigenvalue weighted by atomic mass is 32.2. The number of nitrogens with zero attached hydrogens (tertiary/aromatic N) is 4. The first-order valence-corrected chi connectivity index (χ1v) is 10.8. The molecule has 0 spiro atoms. The minimum atomic E-state index is -3.86. The third-order valence-corrected chi connectivity index (χ3v) is 5.95. The second kappa shape index (κ2) is 7.68. The van der Waals surface area contributed by atoms with Crippen molar-refractivity contribution in [2.24, 2.45) is 0 Å². The molecule has 0 amide bonds. The highest BCUT2D eigenvalue weighted by Crippen LogP contribution is 2.18. The van der Waals surface area contributed by atoms with Crippen LogP contribution >= 0.6 is 0 Å². The van der Waals surface area contributed by atoms with Gasteiger partial charge in [-0.25, -0.2) is 28.1 Å². The van der Waals surface area contributed by atoms with Crippen LogP contribution in [-0.2, 0) is 16.4 Å². The van der Waals surface area contributed by atoms with Gasteiger partial charge in [0.2, 0.25) is 5.95 Å². The number of aromatic nitrogens is 4. The molecule has 2 aromatic heterocycles. The Morgan fingerprint density at radius 3 is 2.40 bits per heavy atom. The SMILES string of the molecule is CCc1nc2ccc(C)cc2c(=O)n1-c1ccc(S(=O)(=O)Nc2ncccn2)cc1. The lowest BCUT2D eigenvalue weighted by atomic mass is 10.1. The Bertz CT molecular complexity index is 1380. The lowest BCUT2D eigenvalue weighted by Crippen LogP contribution is -2.24. The fourth-order valence-corrected chi connectivity index (χ4v) is 4.11. The normalized spacial score (nSPS) is 11.5. The van der Waals surface area contributed by atoms with Gasteiger partial charge in [-0.15, -0.1) is 0 Å². The highest BCUT2D eigenvalue weighted by molar-refractivity contribution is 7.92. The second-order valence-corrected chi connectivity index (χ2v) is 8.40. The zero-order valence-electron chi connectivity index (χ0n) is 16.4. The van der Waals surface area contributed by atoms with Crippen molar-refractivity contribution in [1.82, 2.24) is 19.5 Å². The maximum absolute atomic E-state index is 13.2. The minimum Gasteiger partial charge on any atom is -0.268 e. The van der Waals surface area contributed by atoms with Crippen LogP contribution in [0.3, 0.4) is 0 Å². The van der Waals surface area contributed by atoms with Gasteiger partial charge in [0.15, 0.2) is 0 Å². The van der Waals surface area contributed by atoms with Crippen molar-refractivity contribution >= 4 is 26.9 Å². The quantitative estimate of drug-likeness (QED) is 0.531. The molecule has 0 atom stereocenters. The summed E-state index contributed by atoms with van der Waals surface area (Å²) in [7, 11) is -3.86. The Kier molecular flexibility index (Phi) is 5.04. The monoisotopic (exact) mass is 421 g/mol. The summed E-state index contributed by atoms with van der Waals surface area (Å²) in [4.78, 5) is 25.6. The topological polar surface area (TPSA) is 107 Å². The number of hydrogen-bond donors (Lipinski definition) is 1. The summed E-state index contributed by atoms with van der Waals surface area (Å²) in [6.07, 6.45) is 3.44. The van der Waals surface area contributed by atoms with Crippen molar-refractivity contribution in [3.63, 3.8) is 0 Å². The summed E-state index contributed by atoms with van der Waals surface area (Å²) in [6, 6.07) is 13.2. The van der Waals surface area contributed by atoms with Crippen LogP contribution in [-0.4, -0.2) is 27.9 Å². The first-order valence-electron chi connectivity index (χ1n) is 9.31. The van der Waals surface area contributed by atoms with Crippen LogP contribution in [0.5, 0.6) is 0 Å². The molecule has 0 radical (unpaired) electrons. The molecular formula is C21H19N5O3S. The summed E-state index contributed by atoms with van der Waals surface area (Å²) in [5.74, 6) is 0.586. The van der Waals surface area contributed by atoms with Crippen LogP contribution in [0.25, 0.3) is 16.6 Å². The largest absolute Gasteiger partial charge is 0.268 e. The lowest BCUT2D eigenvalue weighted by molar-refractivity contribution is 0.601. The molecule has 8 nitrogen and oxygen atoms in total. The van der Waals surface area contributed by atoms with Gasteiger partial charge >= 0.3 is 0 Å². The standard InChI is InChI=1S/C21H19N5O3S/c1-3-19-24-18-10-5-14(2)13-17(18)20(27)26(19)15-6-8-16(9-7-15)30(28,29)25-21-22-11-4-12-23-21/h4-13H,3H2,1-2H3,(H,22,23,25). The summed E-state index contributed by atoms with van der Waals surface area (Å²) in [5, 5.41) is 0.520. The fourth-order valence-electron chi connectivity index (χ4n) is 3.15. The molecule has 4 aromatic rings. The van der Waals surface area contributed by atoms with Gasteiger partial charge in [0.1, 0.15) is 5.82 Å². The van der Waals surface area contributed by atoms with Crippen LogP contribution < -0.4 is 10.3 Å². The van der Waals surface area contributed by atoms with E-state index in [1.807, 2.05) is 32.0 Å². The summed E-state index contributed by atoms with van der Waals surface area (Å²) >= 11 is 0. The van der Waals surface area contributed by atoms with Gasteiger partial charge in [-0.2, -0.15) is 0 Å². The van der Waals surface area contributed by atoms with Crippen molar-refractivity contribution in [2.45, 2.75) is 25.2 Å². The lowest BCUT2D eigenvalue weighted by Gasteiger charge is -2.13. The molecule has 0 unspecified atom stereocenters. The second-order valence-electron chi connectivity index (χ2n) is 6.71. The number of rotatable bonds is 5. The number of sulfonamides is 1. The van der Waals surface area contributed by atoms with Gasteiger partial charge in [-0.1, -0.05) is 18.6 Å². The molecule has 0 aliphatic rings. The molecule has 0 fully saturated rings. The number of benzene rings is 2. The van der Waals surface area contributed by atoms with Crippen molar-refractivity contribution in [3.05, 3.63) is 82.7 Å². The van der Waals surface area contributed by atoms with E-state index in [9.17, 15) is 13.2 Å². The Balaban J connectivity index is 1.77. The van der Waals surface area contributed by atoms with Gasteiger partial charge in [-0.3, -0.25) is 9.36 Å². The van der Waals surface area contributed by atoms with Crippen LogP contribution in [0, 0.1) is 6.92 Å². The maximum Gasteiger partial charge on any atom is 0.265 e. The molecule has 0 aliphatic heterocycles. The van der Waals surface area contributed by atoms with Gasteiger partial charge in [-0.05, 0) is 49.4 Å². The number of hydrogen-bond acceptors (Lipinski definition) is 6. The molecule has 0 aliphatic carbocycles. The number of anilines is 1. The van der Waals surface area contributed by atoms with E-state index < -0.39 is 10.0 Å². The Morgan fingerprint density at radius 2 is 1.73 bits per heavy atom. The van der Waals surface area contributed by atoms with Crippen molar-refractivity contribution in [2.75, 3.05) is 4.72 Å². The molecule has 152 valence electrons. The molecule has 2 heterocycles. The molecule has 0 saturated heterocycles. The molecule has 1 N–H and O–H groups in total. The summed E-state index contributed by atoms with van der Waals surface area (Å²) in [5.41, 5.74) is 1.97. The van der Waals surface area contributed by atoms with Gasteiger partial charge in [0.05, 0.1) is 21.5 Å². The van der Waals surface area contributed by atoms with Crippen molar-refractivity contribution < 1.29 is 8.42 Å². The van der Waals surface area contributed by atoms with Gasteiger partial charge in [0.25, 0.3) is 15.6 Å². The van der Waals surface area contributed by atoms with Crippen LogP contribution in [0.4, 0.5) is 5.95 Å². The zero-order valence-corrected chi connectivity index (χ0v) is 17.2. The van der Waals surface area contributed by atoms with Gasteiger partial charge < -0.3 is 0 Å². The number of fused-ring (bicyclic) bond motifs is 1. The number of aryl methyl sites for hydroxylation is 2. The smallest absolute Gasteiger partial charge is 0.265 e. The van der Waals surface area contributed by atoms with E-state index >= 15 is 0 Å². The highest BCUT2D eigenvalue weighted by Gasteiger charge is 2.17. The van der Waals surface area contributed by atoms with E-state index in [0.717, 1.165) is 5.56 Å². The number of nitrogens with one attached hydrogen (secondary N) is 1. The van der Waals surface area contributed by atoms with Gasteiger partial charge in [0, 0.05) is 18.8 Å². The Labute approximate surface area is 173 Å². The predicted octanol–water partition coefficient (Wildman–Crippen LogP) is 2.85. The zero-order chi connectivity index (χ0) is 21.3. The molecule has 4 rings (SSSR count). The van der Waals surface area contributed by atoms with Crippen LogP contribution in [0.2, 0.25) is 0 Å². The van der Waals surface area contributed by atoms with E-state index in [0.29, 0.717) is 28.8 Å². The Hall–Kier alpha value is -3.59. The van der Waals surface area contributed by atoms with Crippen molar-refractivity contribution in [3.8, 4) is 5.69 Å². The first-order chi connectivity index (χ1) is 14.4. The van der Waals surface area contributed by atoms with E-state index in [-0.39, 0.29) is 16.4 Å². The molecule has 9 heteroatoms. The third kappa shape index (κ3) is 3.67. The molecule has 2 aromatic carbocycles. The average Bonchev–Trinajstić information content (AvgIpc) is 2.74. The molecule has 0 bridgehead atoms. The molecule has 30 heavy (non-hydrogen) atoms. The molecular weight excluding hydrogens is 402 g/mol. The van der Waals surface area contributed by atoms with E-state index in [4.69, 9.17) is 0 Å².